The number of carbonyl (C=O) groups is 2. The lowest BCUT2D eigenvalue weighted by Gasteiger charge is -2.24. The van der Waals surface area contributed by atoms with Crippen LogP contribution in [0.5, 0.6) is 0 Å². The van der Waals surface area contributed by atoms with Crippen molar-refractivity contribution >= 4 is 12.4 Å². The van der Waals surface area contributed by atoms with Crippen LogP contribution in [0.2, 0.25) is 0 Å². The van der Waals surface area contributed by atoms with Gasteiger partial charge in [0.15, 0.2) is 0 Å². The van der Waals surface area contributed by atoms with Gasteiger partial charge in [-0.3, -0.25) is 0 Å². The van der Waals surface area contributed by atoms with Crippen LogP contribution in [-0.4, -0.2) is 42.1 Å². The van der Waals surface area contributed by atoms with Gasteiger partial charge in [0.25, 0.3) is 0 Å². The number of carbonyl (C=O) groups excluding carboxylic acids is 2. The minimum atomic E-state index is -0.545. The van der Waals surface area contributed by atoms with Crippen LogP contribution in [0.4, 0.5) is 4.79 Å². The summed E-state index contributed by atoms with van der Waals surface area (Å²) in [6.45, 7) is 6.62. The van der Waals surface area contributed by atoms with Gasteiger partial charge in [-0.1, -0.05) is 30.3 Å². The van der Waals surface area contributed by atoms with Crippen molar-refractivity contribution < 1.29 is 19.1 Å². The molecule has 0 aromatic heterocycles. The van der Waals surface area contributed by atoms with Crippen molar-refractivity contribution in [2.24, 2.45) is 5.92 Å². The van der Waals surface area contributed by atoms with Gasteiger partial charge < -0.3 is 19.2 Å². The van der Waals surface area contributed by atoms with E-state index in [1.54, 1.807) is 4.90 Å². The van der Waals surface area contributed by atoms with Gasteiger partial charge in [0.1, 0.15) is 11.9 Å². The highest BCUT2D eigenvalue weighted by Gasteiger charge is 2.37. The lowest BCUT2D eigenvalue weighted by molar-refractivity contribution is -0.114. The zero-order valence-electron chi connectivity index (χ0n) is 13.3. The monoisotopic (exact) mass is 305 g/mol. The second-order valence-electron chi connectivity index (χ2n) is 6.52. The molecule has 0 aliphatic carbocycles. The molecule has 0 saturated carbocycles. The van der Waals surface area contributed by atoms with Crippen LogP contribution in [0.3, 0.4) is 0 Å². The molecule has 0 N–H and O–H groups in total. The molecule has 0 radical (unpaired) electrons. The summed E-state index contributed by atoms with van der Waals surface area (Å²) in [6, 6.07) is 9.76. The van der Waals surface area contributed by atoms with E-state index < -0.39 is 11.7 Å². The van der Waals surface area contributed by atoms with Crippen molar-refractivity contribution in [3.63, 3.8) is 0 Å². The molecule has 1 aromatic carbocycles. The normalized spacial score (nSPS) is 21.7. The highest BCUT2D eigenvalue weighted by atomic mass is 16.6. The molecule has 5 nitrogen and oxygen atoms in total. The second kappa shape index (κ2) is 6.92. The van der Waals surface area contributed by atoms with E-state index in [0.29, 0.717) is 19.7 Å². The van der Waals surface area contributed by atoms with Gasteiger partial charge in [-0.25, -0.2) is 4.79 Å². The summed E-state index contributed by atoms with van der Waals surface area (Å²) >= 11 is 0. The Morgan fingerprint density at radius 3 is 2.55 bits per heavy atom. The van der Waals surface area contributed by atoms with Crippen LogP contribution in [0, 0.1) is 5.92 Å². The summed E-state index contributed by atoms with van der Waals surface area (Å²) < 4.78 is 11.2. The lowest BCUT2D eigenvalue weighted by atomic mass is 10.1. The Morgan fingerprint density at radius 1 is 1.27 bits per heavy atom. The molecule has 2 atom stereocenters. The molecular weight excluding hydrogens is 282 g/mol. The van der Waals surface area contributed by atoms with Gasteiger partial charge in [-0.05, 0) is 26.3 Å². The highest BCUT2D eigenvalue weighted by Crippen LogP contribution is 2.22. The Hall–Kier alpha value is -1.88. The molecule has 1 saturated heterocycles. The molecular formula is C17H23NO4. The quantitative estimate of drug-likeness (QED) is 0.802. The van der Waals surface area contributed by atoms with Crippen LogP contribution < -0.4 is 0 Å². The summed E-state index contributed by atoms with van der Waals surface area (Å²) in [6.07, 6.45) is 0.176. The fourth-order valence-corrected chi connectivity index (χ4v) is 2.36. The molecule has 5 heteroatoms. The van der Waals surface area contributed by atoms with E-state index in [0.717, 1.165) is 11.8 Å². The van der Waals surface area contributed by atoms with Crippen LogP contribution in [0.25, 0.3) is 0 Å². The van der Waals surface area contributed by atoms with Gasteiger partial charge in [-0.15, -0.1) is 0 Å². The van der Waals surface area contributed by atoms with E-state index in [-0.39, 0.29) is 12.0 Å². The van der Waals surface area contributed by atoms with Gasteiger partial charge in [-0.2, -0.15) is 0 Å². The Bertz CT molecular complexity index is 509. The number of ether oxygens (including phenoxy) is 2. The maximum absolute atomic E-state index is 12.1. The third-order valence-electron chi connectivity index (χ3n) is 3.44. The highest BCUT2D eigenvalue weighted by molar-refractivity contribution is 5.70. The zero-order valence-corrected chi connectivity index (χ0v) is 13.3. The summed E-state index contributed by atoms with van der Waals surface area (Å²) in [5, 5.41) is 0. The number of rotatable bonds is 4. The minimum absolute atomic E-state index is 0.287. The molecule has 1 aliphatic rings. The van der Waals surface area contributed by atoms with Crippen LogP contribution in [0.1, 0.15) is 26.3 Å². The number of aldehydes is 1. The second-order valence-corrected chi connectivity index (χ2v) is 6.52. The van der Waals surface area contributed by atoms with Crippen molar-refractivity contribution in [3.05, 3.63) is 35.9 Å². The Labute approximate surface area is 131 Å². The predicted octanol–water partition coefficient (Wildman–Crippen LogP) is 2.64. The Balaban J connectivity index is 1.92. The van der Waals surface area contributed by atoms with Crippen molar-refractivity contribution in [2.45, 2.75) is 39.1 Å². The minimum Gasteiger partial charge on any atom is -0.444 e. The number of benzene rings is 1. The first-order valence-corrected chi connectivity index (χ1v) is 7.48. The third-order valence-corrected chi connectivity index (χ3v) is 3.44. The molecule has 1 aliphatic heterocycles. The van der Waals surface area contributed by atoms with E-state index in [4.69, 9.17) is 9.47 Å². The SMILES string of the molecule is CC(C)(C)OC(=O)N1CC(C=O)[C@H](OCc2ccccc2)C1. The molecule has 1 fully saturated rings. The average molecular weight is 305 g/mol. The number of likely N-dealkylation sites (tertiary alicyclic amines) is 1. The fraction of sp³-hybridized carbons (Fsp3) is 0.529. The Morgan fingerprint density at radius 2 is 1.95 bits per heavy atom. The van der Waals surface area contributed by atoms with Crippen molar-refractivity contribution in [3.8, 4) is 0 Å². The van der Waals surface area contributed by atoms with Crippen molar-refractivity contribution in [2.75, 3.05) is 13.1 Å². The first-order chi connectivity index (χ1) is 10.4. The largest absolute Gasteiger partial charge is 0.444 e. The predicted molar refractivity (Wildman–Crippen MR) is 82.4 cm³/mol. The Kier molecular flexibility index (Phi) is 5.19. The van der Waals surface area contributed by atoms with Crippen LogP contribution in [-0.2, 0) is 20.9 Å². The summed E-state index contributed by atoms with van der Waals surface area (Å²) in [5.74, 6) is -0.309. The number of amides is 1. The molecule has 1 amide bonds. The summed E-state index contributed by atoms with van der Waals surface area (Å²) in [5.41, 5.74) is 0.499. The summed E-state index contributed by atoms with van der Waals surface area (Å²) in [7, 11) is 0. The first-order valence-electron chi connectivity index (χ1n) is 7.48. The smallest absolute Gasteiger partial charge is 0.410 e. The summed E-state index contributed by atoms with van der Waals surface area (Å²) in [4.78, 5) is 24.8. The maximum Gasteiger partial charge on any atom is 0.410 e. The molecule has 120 valence electrons. The maximum atomic E-state index is 12.1. The number of hydrogen-bond donors (Lipinski definition) is 0. The standard InChI is InChI=1S/C17H23NO4/c1-17(2,3)22-16(20)18-9-14(11-19)15(10-18)21-12-13-7-5-4-6-8-13/h4-8,11,14-15H,9-10,12H2,1-3H3/t14?,15-/m1/s1. The molecule has 1 unspecified atom stereocenters. The van der Waals surface area contributed by atoms with Gasteiger partial charge in [0.05, 0.1) is 25.2 Å². The number of nitrogens with zero attached hydrogens (tertiary/aromatic N) is 1. The lowest BCUT2D eigenvalue weighted by Crippen LogP contribution is -2.36. The molecule has 22 heavy (non-hydrogen) atoms. The molecule has 1 aromatic rings. The topological polar surface area (TPSA) is 55.8 Å². The van der Waals surface area contributed by atoms with E-state index >= 15 is 0 Å². The van der Waals surface area contributed by atoms with Crippen molar-refractivity contribution in [1.29, 1.82) is 0 Å². The van der Waals surface area contributed by atoms with E-state index in [1.165, 1.54) is 0 Å². The molecule has 0 bridgehead atoms. The zero-order chi connectivity index (χ0) is 16.2. The third kappa shape index (κ3) is 4.56. The van der Waals surface area contributed by atoms with E-state index in [1.807, 2.05) is 51.1 Å². The average Bonchev–Trinajstić information content (AvgIpc) is 2.88. The molecule has 1 heterocycles. The van der Waals surface area contributed by atoms with Crippen LogP contribution in [0.15, 0.2) is 30.3 Å². The first kappa shape index (κ1) is 16.5. The van der Waals surface area contributed by atoms with Crippen molar-refractivity contribution in [1.82, 2.24) is 4.90 Å². The number of hydrogen-bond acceptors (Lipinski definition) is 4. The molecule has 2 rings (SSSR count). The van der Waals surface area contributed by atoms with Gasteiger partial charge in [0.2, 0.25) is 0 Å². The molecule has 0 spiro atoms. The van der Waals surface area contributed by atoms with E-state index in [2.05, 4.69) is 0 Å². The fourth-order valence-electron chi connectivity index (χ4n) is 2.36. The van der Waals surface area contributed by atoms with Gasteiger partial charge >= 0.3 is 6.09 Å². The van der Waals surface area contributed by atoms with E-state index in [9.17, 15) is 9.59 Å². The van der Waals surface area contributed by atoms with Gasteiger partial charge in [0, 0.05) is 6.54 Å². The van der Waals surface area contributed by atoms with Crippen LogP contribution >= 0.6 is 0 Å².